The van der Waals surface area contributed by atoms with E-state index in [4.69, 9.17) is 0 Å². The molecule has 0 aliphatic carbocycles. The maximum atomic E-state index is 9.38. The summed E-state index contributed by atoms with van der Waals surface area (Å²) in [4.78, 5) is 0. The first-order chi connectivity index (χ1) is 11.9. The summed E-state index contributed by atoms with van der Waals surface area (Å²) in [5, 5.41) is 14.0. The number of hydrogen-bond donors (Lipinski definition) is 0. The quantitative estimate of drug-likeness (QED) is 0.383. The Kier molecular flexibility index (Phi) is 8.41. The van der Waals surface area contributed by atoms with Gasteiger partial charge >= 0.3 is 0 Å². The van der Waals surface area contributed by atoms with Gasteiger partial charge in [-0.3, -0.25) is 4.68 Å². The second-order valence-electron chi connectivity index (χ2n) is 6.96. The Labute approximate surface area is 153 Å². The zero-order chi connectivity index (χ0) is 18.9. The summed E-state index contributed by atoms with van der Waals surface area (Å²) in [5.41, 5.74) is 2.70. The third-order valence-corrected chi connectivity index (χ3v) is 4.79. The minimum atomic E-state index is -0.299. The molecule has 25 heavy (non-hydrogen) atoms. The average Bonchev–Trinajstić information content (AvgIpc) is 3.00. The zero-order valence-electron chi connectivity index (χ0n) is 16.5. The lowest BCUT2D eigenvalue weighted by Crippen LogP contribution is -2.17. The Morgan fingerprint density at radius 1 is 1.40 bits per heavy atom. The molecule has 1 aromatic rings. The van der Waals surface area contributed by atoms with Crippen molar-refractivity contribution >= 4 is 5.57 Å². The summed E-state index contributed by atoms with van der Waals surface area (Å²) < 4.78 is 2.00. The van der Waals surface area contributed by atoms with Gasteiger partial charge in [-0.05, 0) is 57.1 Å². The Balaban J connectivity index is 2.90. The second kappa shape index (κ2) is 10.0. The highest BCUT2D eigenvalue weighted by Crippen LogP contribution is 2.26. The van der Waals surface area contributed by atoms with Crippen LogP contribution in [0.1, 0.15) is 64.8 Å². The van der Waals surface area contributed by atoms with Crippen molar-refractivity contribution in [2.24, 2.45) is 11.3 Å². The molecule has 0 saturated heterocycles. The molecule has 0 aliphatic heterocycles. The van der Waals surface area contributed by atoms with Crippen LogP contribution in [-0.2, 0) is 6.54 Å². The summed E-state index contributed by atoms with van der Waals surface area (Å²) >= 11 is 0. The van der Waals surface area contributed by atoms with Crippen LogP contribution in [0.2, 0.25) is 0 Å². The lowest BCUT2D eigenvalue weighted by molar-refractivity contribution is 0.352. The van der Waals surface area contributed by atoms with Crippen LogP contribution in [-0.4, -0.2) is 9.78 Å². The van der Waals surface area contributed by atoms with Crippen molar-refractivity contribution in [1.82, 2.24) is 9.78 Å². The Hall–Kier alpha value is -2.08. The number of nitrogens with zero attached hydrogens (tertiary/aromatic N) is 3. The Bertz CT molecular complexity index is 657. The molecular weight excluding hydrogens is 306 g/mol. The normalized spacial score (nSPS) is 15.4. The fourth-order valence-electron chi connectivity index (χ4n) is 2.61. The third kappa shape index (κ3) is 6.38. The van der Waals surface area contributed by atoms with Crippen molar-refractivity contribution in [3.05, 3.63) is 48.3 Å². The van der Waals surface area contributed by atoms with E-state index in [1.165, 1.54) is 0 Å². The fourth-order valence-corrected chi connectivity index (χ4v) is 2.61. The molecule has 136 valence electrons. The molecule has 0 aromatic carbocycles. The standard InChI is InChI=1S/C22H33N3/c1-7-10-11-20(8-2)13-12-18(4)21-16-19(5)24-25(21)15-14-22(6,9-3)17-23/h10-13,16,20H,4,7-9,14-15H2,1-3,5-6H3/b11-10-,13-12?. The van der Waals surface area contributed by atoms with Crippen molar-refractivity contribution < 1.29 is 0 Å². The maximum Gasteiger partial charge on any atom is 0.0687 e. The average molecular weight is 340 g/mol. The van der Waals surface area contributed by atoms with Crippen LogP contribution in [0.4, 0.5) is 0 Å². The maximum absolute atomic E-state index is 9.38. The van der Waals surface area contributed by atoms with Crippen LogP contribution in [0, 0.1) is 29.6 Å². The van der Waals surface area contributed by atoms with E-state index in [2.05, 4.69) is 68.9 Å². The monoisotopic (exact) mass is 339 g/mol. The lowest BCUT2D eigenvalue weighted by atomic mass is 9.86. The van der Waals surface area contributed by atoms with Crippen molar-refractivity contribution in [3.63, 3.8) is 0 Å². The van der Waals surface area contributed by atoms with Gasteiger partial charge in [0.1, 0.15) is 0 Å². The molecule has 1 heterocycles. The smallest absolute Gasteiger partial charge is 0.0687 e. The highest BCUT2D eigenvalue weighted by molar-refractivity contribution is 5.70. The van der Waals surface area contributed by atoms with Gasteiger partial charge in [0.15, 0.2) is 0 Å². The molecular formula is C22H33N3. The Morgan fingerprint density at radius 3 is 2.68 bits per heavy atom. The van der Waals surface area contributed by atoms with Gasteiger partial charge in [-0.15, -0.1) is 0 Å². The number of hydrogen-bond acceptors (Lipinski definition) is 2. The first-order valence-electron chi connectivity index (χ1n) is 9.38. The number of aryl methyl sites for hydroxylation is 2. The molecule has 0 radical (unpaired) electrons. The topological polar surface area (TPSA) is 41.6 Å². The lowest BCUT2D eigenvalue weighted by Gasteiger charge is -2.19. The van der Waals surface area contributed by atoms with Crippen molar-refractivity contribution in [2.75, 3.05) is 0 Å². The molecule has 0 N–H and O–H groups in total. The van der Waals surface area contributed by atoms with Crippen molar-refractivity contribution in [2.45, 2.75) is 66.8 Å². The summed E-state index contributed by atoms with van der Waals surface area (Å²) in [6.07, 6.45) is 12.6. The summed E-state index contributed by atoms with van der Waals surface area (Å²) in [6.45, 7) is 15.4. The SMILES string of the molecule is C=C(C=CC(/C=C\CC)CC)c1cc(C)nn1CCC(C)(C#N)CC. The molecule has 0 saturated carbocycles. The molecule has 0 spiro atoms. The summed E-state index contributed by atoms with van der Waals surface area (Å²) in [6, 6.07) is 4.51. The van der Waals surface area contributed by atoms with E-state index >= 15 is 0 Å². The predicted octanol–water partition coefficient (Wildman–Crippen LogP) is 6.08. The molecule has 0 fully saturated rings. The van der Waals surface area contributed by atoms with E-state index in [1.807, 2.05) is 18.5 Å². The zero-order valence-corrected chi connectivity index (χ0v) is 16.5. The predicted molar refractivity (Wildman–Crippen MR) is 107 cm³/mol. The van der Waals surface area contributed by atoms with E-state index < -0.39 is 0 Å². The molecule has 2 atom stereocenters. The fraction of sp³-hybridized carbons (Fsp3) is 0.545. The van der Waals surface area contributed by atoms with Crippen LogP contribution in [0.15, 0.2) is 36.9 Å². The van der Waals surface area contributed by atoms with Gasteiger partial charge in [-0.2, -0.15) is 10.4 Å². The molecule has 1 rings (SSSR count). The minimum absolute atomic E-state index is 0.299. The number of nitriles is 1. The summed E-state index contributed by atoms with van der Waals surface area (Å²) in [7, 11) is 0. The van der Waals surface area contributed by atoms with Crippen molar-refractivity contribution in [3.8, 4) is 6.07 Å². The van der Waals surface area contributed by atoms with Gasteiger partial charge < -0.3 is 0 Å². The number of rotatable bonds is 10. The molecule has 0 aliphatic rings. The second-order valence-corrected chi connectivity index (χ2v) is 6.96. The molecule has 2 unspecified atom stereocenters. The van der Waals surface area contributed by atoms with E-state index in [0.717, 1.165) is 49.2 Å². The van der Waals surface area contributed by atoms with Crippen LogP contribution in [0.3, 0.4) is 0 Å². The van der Waals surface area contributed by atoms with E-state index in [1.54, 1.807) is 0 Å². The van der Waals surface area contributed by atoms with Crippen LogP contribution >= 0.6 is 0 Å². The molecule has 0 amide bonds. The van der Waals surface area contributed by atoms with Crippen LogP contribution in [0.25, 0.3) is 5.57 Å². The van der Waals surface area contributed by atoms with Gasteiger partial charge in [0.05, 0.1) is 22.9 Å². The van der Waals surface area contributed by atoms with Crippen LogP contribution in [0.5, 0.6) is 0 Å². The molecule has 3 nitrogen and oxygen atoms in total. The van der Waals surface area contributed by atoms with E-state index in [0.29, 0.717) is 5.92 Å². The van der Waals surface area contributed by atoms with E-state index in [9.17, 15) is 5.26 Å². The first kappa shape index (κ1) is 21.0. The number of aromatic nitrogens is 2. The molecule has 3 heteroatoms. The van der Waals surface area contributed by atoms with Gasteiger partial charge in [0, 0.05) is 6.54 Å². The number of allylic oxidation sites excluding steroid dienone is 5. The minimum Gasteiger partial charge on any atom is -0.265 e. The van der Waals surface area contributed by atoms with Gasteiger partial charge in [0.2, 0.25) is 0 Å². The summed E-state index contributed by atoms with van der Waals surface area (Å²) in [5.74, 6) is 0.441. The Morgan fingerprint density at radius 2 is 2.12 bits per heavy atom. The van der Waals surface area contributed by atoms with Crippen LogP contribution < -0.4 is 0 Å². The van der Waals surface area contributed by atoms with Gasteiger partial charge in [-0.25, -0.2) is 0 Å². The first-order valence-corrected chi connectivity index (χ1v) is 9.38. The van der Waals surface area contributed by atoms with Gasteiger partial charge in [-0.1, -0.05) is 51.7 Å². The highest BCUT2D eigenvalue weighted by Gasteiger charge is 2.22. The largest absolute Gasteiger partial charge is 0.265 e. The van der Waals surface area contributed by atoms with E-state index in [-0.39, 0.29) is 5.41 Å². The van der Waals surface area contributed by atoms with Crippen molar-refractivity contribution in [1.29, 1.82) is 5.26 Å². The van der Waals surface area contributed by atoms with Gasteiger partial charge in [0.25, 0.3) is 0 Å². The third-order valence-electron chi connectivity index (χ3n) is 4.79. The molecule has 0 bridgehead atoms. The molecule has 1 aromatic heterocycles. The highest BCUT2D eigenvalue weighted by atomic mass is 15.3.